The molecule has 1 atom stereocenters. The van der Waals surface area contributed by atoms with Gasteiger partial charge in [0.05, 0.1) is 15.9 Å². The van der Waals surface area contributed by atoms with Gasteiger partial charge in [-0.05, 0) is 25.0 Å². The summed E-state index contributed by atoms with van der Waals surface area (Å²) in [6, 6.07) is 3.08. The molecule has 148 valence electrons. The number of sulfonamides is 1. The van der Waals surface area contributed by atoms with Crippen LogP contribution in [0.2, 0.25) is 4.34 Å². The first-order valence-corrected chi connectivity index (χ1v) is 12.1. The molecule has 6 nitrogen and oxygen atoms in total. The molecule has 1 aliphatic rings. The molecule has 3 heterocycles. The Morgan fingerprint density at radius 2 is 2.11 bits per heavy atom. The number of amides is 1. The van der Waals surface area contributed by atoms with Crippen LogP contribution in [0.5, 0.6) is 0 Å². The highest BCUT2D eigenvalue weighted by atomic mass is 35.5. The van der Waals surface area contributed by atoms with Crippen molar-refractivity contribution in [3.8, 4) is 0 Å². The van der Waals surface area contributed by atoms with E-state index in [4.69, 9.17) is 11.6 Å². The minimum Gasteiger partial charge on any atom is -0.302 e. The van der Waals surface area contributed by atoms with E-state index in [-0.39, 0.29) is 22.1 Å². The summed E-state index contributed by atoms with van der Waals surface area (Å²) in [6.45, 7) is 6.77. The summed E-state index contributed by atoms with van der Waals surface area (Å²) < 4.78 is 27.6. The number of rotatable bonds is 4. The third-order valence-electron chi connectivity index (χ3n) is 4.40. The Balaban J connectivity index is 1.69. The molecule has 27 heavy (non-hydrogen) atoms. The molecule has 2 aromatic heterocycles. The van der Waals surface area contributed by atoms with Crippen molar-refractivity contribution in [2.75, 3.05) is 18.4 Å². The third-order valence-corrected chi connectivity index (χ3v) is 8.72. The molecule has 0 saturated carbocycles. The molecule has 10 heteroatoms. The predicted octanol–water partition coefficient (Wildman–Crippen LogP) is 4.19. The number of thiophene rings is 1. The first-order chi connectivity index (χ1) is 12.6. The molecule has 0 unspecified atom stereocenters. The minimum atomic E-state index is -3.62. The highest BCUT2D eigenvalue weighted by Crippen LogP contribution is 2.31. The lowest BCUT2D eigenvalue weighted by molar-refractivity contribution is -0.120. The predicted molar refractivity (Wildman–Crippen MR) is 110 cm³/mol. The zero-order valence-corrected chi connectivity index (χ0v) is 18.6. The van der Waals surface area contributed by atoms with E-state index in [1.54, 1.807) is 6.07 Å². The van der Waals surface area contributed by atoms with Gasteiger partial charge in [0.15, 0.2) is 5.13 Å². The molecule has 0 spiro atoms. The Bertz CT molecular complexity index is 931. The number of thiazole rings is 1. The number of halogens is 1. The van der Waals surface area contributed by atoms with Crippen LogP contribution in [0.3, 0.4) is 0 Å². The first-order valence-electron chi connectivity index (χ1n) is 8.60. The topological polar surface area (TPSA) is 79.4 Å². The number of nitrogens with zero attached hydrogens (tertiary/aromatic N) is 2. The maximum absolute atomic E-state index is 12.8. The molecule has 0 radical (unpaired) electrons. The average molecular weight is 448 g/mol. The Morgan fingerprint density at radius 3 is 2.70 bits per heavy atom. The minimum absolute atomic E-state index is 0.0861. The van der Waals surface area contributed by atoms with Crippen LogP contribution >= 0.6 is 34.3 Å². The maximum atomic E-state index is 12.8. The van der Waals surface area contributed by atoms with Gasteiger partial charge in [0.2, 0.25) is 5.91 Å². The van der Waals surface area contributed by atoms with E-state index < -0.39 is 15.9 Å². The lowest BCUT2D eigenvalue weighted by atomic mass is 9.93. The molecule has 0 aromatic carbocycles. The third kappa shape index (κ3) is 4.71. The smallest absolute Gasteiger partial charge is 0.252 e. The lowest BCUT2D eigenvalue weighted by Crippen LogP contribution is -2.43. The highest BCUT2D eigenvalue weighted by molar-refractivity contribution is 7.91. The van der Waals surface area contributed by atoms with E-state index >= 15 is 0 Å². The van der Waals surface area contributed by atoms with Gasteiger partial charge in [-0.1, -0.05) is 32.4 Å². The van der Waals surface area contributed by atoms with Crippen LogP contribution in [-0.2, 0) is 20.2 Å². The second-order valence-electron chi connectivity index (χ2n) is 7.54. The van der Waals surface area contributed by atoms with Gasteiger partial charge in [-0.15, -0.1) is 22.7 Å². The molecular weight excluding hydrogens is 426 g/mol. The monoisotopic (exact) mass is 447 g/mol. The fourth-order valence-electron chi connectivity index (χ4n) is 2.82. The number of hydrogen-bond acceptors (Lipinski definition) is 6. The largest absolute Gasteiger partial charge is 0.302 e. The van der Waals surface area contributed by atoms with Gasteiger partial charge in [-0.3, -0.25) is 4.79 Å². The average Bonchev–Trinajstić information content (AvgIpc) is 3.24. The number of hydrogen-bond donors (Lipinski definition) is 1. The van der Waals surface area contributed by atoms with Crippen LogP contribution in [0.4, 0.5) is 5.13 Å². The van der Waals surface area contributed by atoms with E-state index in [9.17, 15) is 13.2 Å². The van der Waals surface area contributed by atoms with Crippen molar-refractivity contribution in [3.05, 3.63) is 27.5 Å². The second kappa shape index (κ2) is 7.79. The molecular formula is C17H22ClN3O3S3. The van der Waals surface area contributed by atoms with Crippen LogP contribution in [-0.4, -0.2) is 36.7 Å². The Kier molecular flexibility index (Phi) is 5.98. The van der Waals surface area contributed by atoms with Gasteiger partial charge >= 0.3 is 0 Å². The number of piperidine rings is 1. The Labute approximate surface area is 172 Å². The fraction of sp³-hybridized carbons (Fsp3) is 0.529. The maximum Gasteiger partial charge on any atom is 0.252 e. The summed E-state index contributed by atoms with van der Waals surface area (Å²) in [7, 11) is -3.62. The van der Waals surface area contributed by atoms with E-state index in [1.165, 1.54) is 21.7 Å². The van der Waals surface area contributed by atoms with E-state index in [2.05, 4.69) is 31.1 Å². The fourth-order valence-corrected chi connectivity index (χ4v) is 6.92. The van der Waals surface area contributed by atoms with Crippen molar-refractivity contribution >= 4 is 55.3 Å². The highest BCUT2D eigenvalue weighted by Gasteiger charge is 2.34. The summed E-state index contributed by atoms with van der Waals surface area (Å²) in [5.74, 6) is -0.583. The molecule has 1 saturated heterocycles. The van der Waals surface area contributed by atoms with Crippen molar-refractivity contribution in [1.29, 1.82) is 0 Å². The summed E-state index contributed by atoms with van der Waals surface area (Å²) in [5.41, 5.74) is 0.835. The van der Waals surface area contributed by atoms with Crippen molar-refractivity contribution in [2.45, 2.75) is 43.2 Å². The van der Waals surface area contributed by atoms with Gasteiger partial charge in [-0.2, -0.15) is 4.31 Å². The number of anilines is 1. The van der Waals surface area contributed by atoms with E-state index in [0.717, 1.165) is 17.0 Å². The molecule has 1 amide bonds. The van der Waals surface area contributed by atoms with Crippen molar-refractivity contribution in [3.63, 3.8) is 0 Å². The molecule has 1 fully saturated rings. The zero-order valence-electron chi connectivity index (χ0n) is 15.4. The van der Waals surface area contributed by atoms with Gasteiger partial charge < -0.3 is 5.32 Å². The summed E-state index contributed by atoms with van der Waals surface area (Å²) in [4.78, 5) is 17.1. The summed E-state index contributed by atoms with van der Waals surface area (Å²) in [5, 5.41) is 5.34. The normalized spacial score (nSPS) is 19.2. The summed E-state index contributed by atoms with van der Waals surface area (Å²) >= 11 is 8.29. The van der Waals surface area contributed by atoms with Crippen molar-refractivity contribution in [1.82, 2.24) is 9.29 Å². The Hall–Kier alpha value is -1.00. The molecule has 1 aliphatic heterocycles. The van der Waals surface area contributed by atoms with Gasteiger partial charge in [0.25, 0.3) is 10.0 Å². The van der Waals surface area contributed by atoms with Crippen LogP contribution in [0, 0.1) is 5.92 Å². The van der Waals surface area contributed by atoms with Crippen molar-refractivity contribution in [2.24, 2.45) is 5.92 Å². The van der Waals surface area contributed by atoms with E-state index in [1.807, 2.05) is 5.38 Å². The van der Waals surface area contributed by atoms with Gasteiger partial charge in [-0.25, -0.2) is 13.4 Å². The van der Waals surface area contributed by atoms with Crippen LogP contribution < -0.4 is 5.32 Å². The SMILES string of the molecule is CC(C)(C)c1csc(NC(=O)[C@H]2CCCN(S(=O)(=O)c3ccc(Cl)s3)C2)n1. The lowest BCUT2D eigenvalue weighted by Gasteiger charge is -2.30. The summed E-state index contributed by atoms with van der Waals surface area (Å²) in [6.07, 6.45) is 1.29. The van der Waals surface area contributed by atoms with Crippen molar-refractivity contribution < 1.29 is 13.2 Å². The zero-order chi connectivity index (χ0) is 19.8. The number of nitrogens with one attached hydrogen (secondary N) is 1. The molecule has 3 rings (SSSR count). The molecule has 0 bridgehead atoms. The molecule has 1 N–H and O–H groups in total. The van der Waals surface area contributed by atoms with Crippen LogP contribution in [0.1, 0.15) is 39.3 Å². The number of carbonyl (C=O) groups excluding carboxylic acids is 1. The first kappa shape index (κ1) is 20.7. The standard InChI is InChI=1S/C17H22ClN3O3S3/c1-17(2,3)12-10-25-16(19-12)20-15(22)11-5-4-8-21(9-11)27(23,24)14-7-6-13(18)26-14/h6-7,10-11H,4-5,8-9H2,1-3H3,(H,19,20,22)/t11-/m0/s1. The Morgan fingerprint density at radius 1 is 1.37 bits per heavy atom. The second-order valence-corrected chi connectivity index (χ2v) is 12.3. The quantitative estimate of drug-likeness (QED) is 0.761. The van der Waals surface area contributed by atoms with Gasteiger partial charge in [0.1, 0.15) is 4.21 Å². The van der Waals surface area contributed by atoms with Crippen LogP contribution in [0.15, 0.2) is 21.7 Å². The molecule has 0 aliphatic carbocycles. The molecule has 2 aromatic rings. The number of aromatic nitrogens is 1. The van der Waals surface area contributed by atoms with E-state index in [0.29, 0.717) is 28.9 Å². The van der Waals surface area contributed by atoms with Crippen LogP contribution in [0.25, 0.3) is 0 Å². The number of carbonyl (C=O) groups is 1. The van der Waals surface area contributed by atoms with Gasteiger partial charge in [0, 0.05) is 23.9 Å².